The van der Waals surface area contributed by atoms with Crippen LogP contribution in [0.15, 0.2) is 11.4 Å². The van der Waals surface area contributed by atoms with Gasteiger partial charge in [-0.3, -0.25) is 4.68 Å². The van der Waals surface area contributed by atoms with E-state index in [2.05, 4.69) is 28.8 Å². The minimum absolute atomic E-state index is 0.664. The minimum atomic E-state index is 0.664. The Morgan fingerprint density at radius 3 is 2.74 bits per heavy atom. The van der Waals surface area contributed by atoms with Gasteiger partial charge >= 0.3 is 0 Å². The molecule has 0 fully saturated rings. The van der Waals surface area contributed by atoms with Gasteiger partial charge < -0.3 is 10.1 Å². The Hall–Kier alpha value is -1.33. The number of hydrogen-bond donors (Lipinski definition) is 1. The first-order valence-electron chi connectivity index (χ1n) is 6.46. The highest BCUT2D eigenvalue weighted by atomic mass is 32.1. The predicted molar refractivity (Wildman–Crippen MR) is 78.9 cm³/mol. The summed E-state index contributed by atoms with van der Waals surface area (Å²) in [7, 11) is 1.94. The van der Waals surface area contributed by atoms with Gasteiger partial charge in [0.15, 0.2) is 5.75 Å². The van der Waals surface area contributed by atoms with Crippen LogP contribution in [0.1, 0.15) is 21.8 Å². The summed E-state index contributed by atoms with van der Waals surface area (Å²) in [6.07, 6.45) is 0. The van der Waals surface area contributed by atoms with Gasteiger partial charge in [-0.05, 0) is 37.8 Å². The first-order valence-corrected chi connectivity index (χ1v) is 7.34. The molecule has 2 rings (SSSR count). The van der Waals surface area contributed by atoms with E-state index in [9.17, 15) is 0 Å². The summed E-state index contributed by atoms with van der Waals surface area (Å²) in [6.45, 7) is 8.57. The quantitative estimate of drug-likeness (QED) is 0.826. The maximum atomic E-state index is 5.80. The molecule has 4 nitrogen and oxygen atoms in total. The molecule has 0 aliphatic rings. The van der Waals surface area contributed by atoms with Crippen molar-refractivity contribution in [2.45, 2.75) is 27.3 Å². The van der Waals surface area contributed by atoms with Crippen molar-refractivity contribution in [3.8, 4) is 5.75 Å². The number of aryl methyl sites for hydroxylation is 3. The van der Waals surface area contributed by atoms with E-state index in [-0.39, 0.29) is 0 Å². The molecule has 2 heterocycles. The van der Waals surface area contributed by atoms with Crippen molar-refractivity contribution >= 4 is 11.3 Å². The number of nitrogens with zero attached hydrogens (tertiary/aromatic N) is 2. The third-order valence-corrected chi connectivity index (χ3v) is 4.24. The molecule has 0 aromatic carbocycles. The van der Waals surface area contributed by atoms with E-state index >= 15 is 0 Å². The van der Waals surface area contributed by atoms with Gasteiger partial charge in [0.05, 0.1) is 5.69 Å². The summed E-state index contributed by atoms with van der Waals surface area (Å²) in [5.74, 6) is 0.914. The van der Waals surface area contributed by atoms with Crippen LogP contribution in [0.3, 0.4) is 0 Å². The Balaban J connectivity index is 1.74. The van der Waals surface area contributed by atoms with E-state index in [0.29, 0.717) is 6.61 Å². The molecular weight excluding hydrogens is 258 g/mol. The lowest BCUT2D eigenvalue weighted by atomic mass is 10.3. The zero-order valence-corrected chi connectivity index (χ0v) is 12.8. The second-order valence-electron chi connectivity index (χ2n) is 4.68. The fraction of sp³-hybridized carbons (Fsp3) is 0.500. The number of aromatic nitrogens is 2. The molecule has 104 valence electrons. The molecule has 0 unspecified atom stereocenters. The van der Waals surface area contributed by atoms with Gasteiger partial charge in [-0.2, -0.15) is 5.10 Å². The first kappa shape index (κ1) is 14.1. The van der Waals surface area contributed by atoms with Gasteiger partial charge in [-0.1, -0.05) is 0 Å². The average Bonchev–Trinajstić information content (AvgIpc) is 2.87. The van der Waals surface area contributed by atoms with E-state index in [1.54, 1.807) is 11.3 Å². The Labute approximate surface area is 118 Å². The summed E-state index contributed by atoms with van der Waals surface area (Å²) in [5.41, 5.74) is 3.39. The highest BCUT2D eigenvalue weighted by Crippen LogP contribution is 2.21. The number of thiophene rings is 1. The van der Waals surface area contributed by atoms with E-state index in [0.717, 1.165) is 30.2 Å². The molecule has 0 aliphatic heterocycles. The number of hydrogen-bond acceptors (Lipinski definition) is 4. The van der Waals surface area contributed by atoms with Gasteiger partial charge in [0.2, 0.25) is 0 Å². The highest BCUT2D eigenvalue weighted by molar-refractivity contribution is 7.10. The van der Waals surface area contributed by atoms with Crippen molar-refractivity contribution in [1.29, 1.82) is 0 Å². The number of ether oxygens (including phenoxy) is 1. The molecule has 0 radical (unpaired) electrons. The topological polar surface area (TPSA) is 39.1 Å². The normalized spacial score (nSPS) is 10.9. The molecule has 0 saturated carbocycles. The molecule has 19 heavy (non-hydrogen) atoms. The van der Waals surface area contributed by atoms with Gasteiger partial charge in [0.25, 0.3) is 0 Å². The monoisotopic (exact) mass is 279 g/mol. The fourth-order valence-corrected chi connectivity index (χ4v) is 2.85. The summed E-state index contributed by atoms with van der Waals surface area (Å²) in [4.78, 5) is 1.40. The molecule has 0 spiro atoms. The van der Waals surface area contributed by atoms with Crippen LogP contribution in [0.4, 0.5) is 0 Å². The van der Waals surface area contributed by atoms with Crippen LogP contribution in [-0.4, -0.2) is 22.9 Å². The van der Waals surface area contributed by atoms with Crippen LogP contribution >= 0.6 is 11.3 Å². The lowest BCUT2D eigenvalue weighted by Gasteiger charge is -2.07. The number of nitrogens with one attached hydrogen (secondary N) is 1. The summed E-state index contributed by atoms with van der Waals surface area (Å²) in [6, 6.07) is 2.15. The molecule has 0 saturated heterocycles. The van der Waals surface area contributed by atoms with Crippen LogP contribution in [0.25, 0.3) is 0 Å². The smallest absolute Gasteiger partial charge is 0.163 e. The Bertz CT molecular complexity index is 545. The third kappa shape index (κ3) is 3.36. The maximum Gasteiger partial charge on any atom is 0.163 e. The van der Waals surface area contributed by atoms with Crippen molar-refractivity contribution in [2.75, 3.05) is 13.2 Å². The molecule has 2 aromatic heterocycles. The van der Waals surface area contributed by atoms with E-state index in [1.807, 2.05) is 25.6 Å². The van der Waals surface area contributed by atoms with Crippen molar-refractivity contribution in [3.05, 3.63) is 33.3 Å². The lowest BCUT2D eigenvalue weighted by molar-refractivity contribution is 0.309. The van der Waals surface area contributed by atoms with E-state index in [4.69, 9.17) is 4.74 Å². The molecule has 0 aliphatic carbocycles. The molecular formula is C14H21N3OS. The van der Waals surface area contributed by atoms with E-state index < -0.39 is 0 Å². The van der Waals surface area contributed by atoms with Gasteiger partial charge in [0, 0.05) is 25.0 Å². The molecule has 1 N–H and O–H groups in total. The highest BCUT2D eigenvalue weighted by Gasteiger charge is 2.09. The zero-order valence-electron chi connectivity index (χ0n) is 12.0. The van der Waals surface area contributed by atoms with Crippen LogP contribution in [0, 0.1) is 20.8 Å². The van der Waals surface area contributed by atoms with Crippen LogP contribution in [0.5, 0.6) is 5.75 Å². The predicted octanol–water partition coefficient (Wildman–Crippen LogP) is 2.58. The van der Waals surface area contributed by atoms with Crippen molar-refractivity contribution in [2.24, 2.45) is 7.05 Å². The lowest BCUT2D eigenvalue weighted by Crippen LogP contribution is -2.20. The molecule has 0 atom stereocenters. The largest absolute Gasteiger partial charge is 0.488 e. The minimum Gasteiger partial charge on any atom is -0.488 e. The molecule has 0 amide bonds. The average molecular weight is 279 g/mol. The zero-order chi connectivity index (χ0) is 13.8. The van der Waals surface area contributed by atoms with Crippen molar-refractivity contribution < 1.29 is 4.74 Å². The summed E-state index contributed by atoms with van der Waals surface area (Å²) in [5, 5.41) is 9.87. The maximum absolute atomic E-state index is 5.80. The van der Waals surface area contributed by atoms with E-state index in [1.165, 1.54) is 10.4 Å². The SMILES string of the molecule is Cc1ccsc1CNCCOc1c(C)nn(C)c1C. The Morgan fingerprint density at radius 1 is 1.37 bits per heavy atom. The standard InChI is InChI=1S/C14H21N3OS/c1-10-5-8-19-13(10)9-15-6-7-18-14-11(2)16-17(4)12(14)3/h5,8,15H,6-7,9H2,1-4H3. The second kappa shape index (κ2) is 6.21. The van der Waals surface area contributed by atoms with Gasteiger partial charge in [-0.15, -0.1) is 11.3 Å². The summed E-state index contributed by atoms with van der Waals surface area (Å²) < 4.78 is 7.65. The van der Waals surface area contributed by atoms with Gasteiger partial charge in [-0.25, -0.2) is 0 Å². The number of rotatable bonds is 6. The van der Waals surface area contributed by atoms with Crippen LogP contribution < -0.4 is 10.1 Å². The molecule has 2 aromatic rings. The second-order valence-corrected chi connectivity index (χ2v) is 5.68. The molecule has 5 heteroatoms. The van der Waals surface area contributed by atoms with Crippen LogP contribution in [0.2, 0.25) is 0 Å². The van der Waals surface area contributed by atoms with Crippen molar-refractivity contribution in [3.63, 3.8) is 0 Å². The fourth-order valence-electron chi connectivity index (χ4n) is 1.98. The summed E-state index contributed by atoms with van der Waals surface area (Å²) >= 11 is 1.80. The van der Waals surface area contributed by atoms with Crippen LogP contribution in [-0.2, 0) is 13.6 Å². The first-order chi connectivity index (χ1) is 9.09. The van der Waals surface area contributed by atoms with Gasteiger partial charge in [0.1, 0.15) is 12.3 Å². The van der Waals surface area contributed by atoms with Crippen molar-refractivity contribution in [1.82, 2.24) is 15.1 Å². The molecule has 0 bridgehead atoms. The Morgan fingerprint density at radius 2 is 2.16 bits per heavy atom. The Kier molecular flexibility index (Phi) is 4.61. The third-order valence-electron chi connectivity index (χ3n) is 3.22.